The van der Waals surface area contributed by atoms with Crippen molar-refractivity contribution in [3.8, 4) is 0 Å². The molecule has 0 spiro atoms. The Morgan fingerprint density at radius 3 is 2.67 bits per heavy atom. The maximum atomic E-state index is 13.0. The van der Waals surface area contributed by atoms with Gasteiger partial charge in [-0.15, -0.1) is 6.58 Å². The highest BCUT2D eigenvalue weighted by Crippen LogP contribution is 2.28. The second kappa shape index (κ2) is 6.57. The van der Waals surface area contributed by atoms with Gasteiger partial charge in [0.1, 0.15) is 0 Å². The molecule has 0 bridgehead atoms. The molecule has 0 amide bonds. The number of imidazole rings is 1. The molecule has 0 saturated heterocycles. The van der Waals surface area contributed by atoms with E-state index in [2.05, 4.69) is 30.5 Å². The molecule has 1 atom stereocenters. The van der Waals surface area contributed by atoms with Gasteiger partial charge in [-0.25, -0.2) is 4.79 Å². The number of hydrogen-bond donors (Lipinski definition) is 0. The van der Waals surface area contributed by atoms with Gasteiger partial charge in [0.25, 0.3) is 5.56 Å². The van der Waals surface area contributed by atoms with Crippen LogP contribution in [-0.4, -0.2) is 25.2 Å². The molecule has 140 valence electrons. The molecule has 7 nitrogen and oxygen atoms in total. The molecule has 0 saturated carbocycles. The zero-order valence-corrected chi connectivity index (χ0v) is 15.6. The Hall–Kier alpha value is -3.09. The third-order valence-electron chi connectivity index (χ3n) is 5.05. The molecule has 0 aliphatic carbocycles. The summed E-state index contributed by atoms with van der Waals surface area (Å²) < 4.78 is 4.63. The van der Waals surface area contributed by atoms with Gasteiger partial charge in [-0.1, -0.05) is 43.3 Å². The molecule has 27 heavy (non-hydrogen) atoms. The Labute approximate surface area is 156 Å². The SMILES string of the molecule is C=CCn1c(=O)c2c(nc3n2C[C@@H](C)CN3Cc2ccccc2)n(C)c1=O. The van der Waals surface area contributed by atoms with Crippen LogP contribution in [0, 0.1) is 5.92 Å². The Morgan fingerprint density at radius 1 is 1.22 bits per heavy atom. The van der Waals surface area contributed by atoms with Gasteiger partial charge in [0.2, 0.25) is 5.95 Å². The van der Waals surface area contributed by atoms with Gasteiger partial charge in [-0.3, -0.25) is 13.9 Å². The monoisotopic (exact) mass is 365 g/mol. The molecule has 1 aliphatic heterocycles. The molecular weight excluding hydrogens is 342 g/mol. The number of benzene rings is 1. The summed E-state index contributed by atoms with van der Waals surface area (Å²) in [4.78, 5) is 32.5. The Morgan fingerprint density at radius 2 is 1.96 bits per heavy atom. The van der Waals surface area contributed by atoms with Gasteiger partial charge in [0.15, 0.2) is 11.2 Å². The fourth-order valence-corrected chi connectivity index (χ4v) is 3.83. The van der Waals surface area contributed by atoms with Crippen LogP contribution in [0.15, 0.2) is 52.6 Å². The van der Waals surface area contributed by atoms with E-state index < -0.39 is 0 Å². The van der Waals surface area contributed by atoms with E-state index in [0.29, 0.717) is 30.2 Å². The van der Waals surface area contributed by atoms with Gasteiger partial charge in [-0.05, 0) is 11.5 Å². The van der Waals surface area contributed by atoms with Crippen molar-refractivity contribution in [2.75, 3.05) is 11.4 Å². The smallest absolute Gasteiger partial charge is 0.332 e. The van der Waals surface area contributed by atoms with E-state index in [9.17, 15) is 9.59 Å². The Kier molecular flexibility index (Phi) is 4.22. The van der Waals surface area contributed by atoms with Crippen LogP contribution in [0.1, 0.15) is 12.5 Å². The van der Waals surface area contributed by atoms with E-state index in [4.69, 9.17) is 4.98 Å². The molecule has 0 fully saturated rings. The quantitative estimate of drug-likeness (QED) is 0.661. The maximum Gasteiger partial charge on any atom is 0.332 e. The topological polar surface area (TPSA) is 65.1 Å². The number of hydrogen-bond acceptors (Lipinski definition) is 4. The van der Waals surface area contributed by atoms with Gasteiger partial charge in [0.05, 0.1) is 0 Å². The van der Waals surface area contributed by atoms with Gasteiger partial charge in [0, 0.05) is 33.2 Å². The molecule has 3 aromatic rings. The predicted octanol–water partition coefficient (Wildman–Crippen LogP) is 1.74. The van der Waals surface area contributed by atoms with Crippen LogP contribution < -0.4 is 16.1 Å². The average Bonchev–Trinajstić information content (AvgIpc) is 3.04. The molecule has 1 aromatic carbocycles. The highest BCUT2D eigenvalue weighted by molar-refractivity contribution is 5.75. The lowest BCUT2D eigenvalue weighted by atomic mass is 10.1. The average molecular weight is 365 g/mol. The predicted molar refractivity (Wildman–Crippen MR) is 106 cm³/mol. The zero-order valence-electron chi connectivity index (χ0n) is 15.6. The zero-order chi connectivity index (χ0) is 19.1. The maximum absolute atomic E-state index is 13.0. The Bertz CT molecular complexity index is 1120. The number of aryl methyl sites for hydroxylation is 1. The molecule has 3 heterocycles. The lowest BCUT2D eigenvalue weighted by Gasteiger charge is -2.33. The highest BCUT2D eigenvalue weighted by atomic mass is 16.2. The molecule has 0 radical (unpaired) electrons. The number of allylic oxidation sites excluding steroid dienone is 1. The van der Waals surface area contributed by atoms with Crippen molar-refractivity contribution < 1.29 is 0 Å². The van der Waals surface area contributed by atoms with E-state index in [0.717, 1.165) is 12.5 Å². The first-order valence-electron chi connectivity index (χ1n) is 9.11. The lowest BCUT2D eigenvalue weighted by Crippen LogP contribution is -2.40. The third kappa shape index (κ3) is 2.79. The van der Waals surface area contributed by atoms with Crippen LogP contribution in [-0.2, 0) is 26.7 Å². The summed E-state index contributed by atoms with van der Waals surface area (Å²) in [6, 6.07) is 10.2. The summed E-state index contributed by atoms with van der Waals surface area (Å²) >= 11 is 0. The van der Waals surface area contributed by atoms with Crippen LogP contribution in [0.25, 0.3) is 11.2 Å². The van der Waals surface area contributed by atoms with Gasteiger partial charge in [-0.2, -0.15) is 4.98 Å². The van der Waals surface area contributed by atoms with E-state index in [1.165, 1.54) is 14.7 Å². The summed E-state index contributed by atoms with van der Waals surface area (Å²) in [6.07, 6.45) is 1.56. The van der Waals surface area contributed by atoms with Crippen molar-refractivity contribution in [2.24, 2.45) is 13.0 Å². The van der Waals surface area contributed by atoms with Gasteiger partial charge >= 0.3 is 5.69 Å². The summed E-state index contributed by atoms with van der Waals surface area (Å²) in [6.45, 7) is 8.28. The number of fused-ring (bicyclic) bond motifs is 3. The van der Waals surface area contributed by atoms with Crippen molar-refractivity contribution in [1.82, 2.24) is 18.7 Å². The Balaban J connectivity index is 1.92. The van der Waals surface area contributed by atoms with Gasteiger partial charge < -0.3 is 9.47 Å². The van der Waals surface area contributed by atoms with Crippen molar-refractivity contribution >= 4 is 17.1 Å². The minimum atomic E-state index is -0.370. The van der Waals surface area contributed by atoms with Crippen LogP contribution in [0.5, 0.6) is 0 Å². The van der Waals surface area contributed by atoms with E-state index in [1.807, 2.05) is 22.8 Å². The van der Waals surface area contributed by atoms with E-state index in [-0.39, 0.29) is 17.8 Å². The van der Waals surface area contributed by atoms with E-state index >= 15 is 0 Å². The molecule has 2 aromatic heterocycles. The standard InChI is InChI=1S/C20H23N5O2/c1-4-10-24-18(26)16-17(22(3)20(24)27)21-19-23(11-14(2)12-25(16)19)13-15-8-6-5-7-9-15/h4-9,14H,1,10-13H2,2-3H3/t14-/m0/s1. The first-order chi connectivity index (χ1) is 13.0. The largest absolute Gasteiger partial charge is 0.338 e. The first-order valence-corrected chi connectivity index (χ1v) is 9.11. The molecule has 7 heteroatoms. The second-order valence-corrected chi connectivity index (χ2v) is 7.21. The third-order valence-corrected chi connectivity index (χ3v) is 5.05. The number of rotatable bonds is 4. The van der Waals surface area contributed by atoms with E-state index in [1.54, 1.807) is 13.1 Å². The molecule has 1 aliphatic rings. The lowest BCUT2D eigenvalue weighted by molar-refractivity contribution is 0.435. The van der Waals surface area contributed by atoms with Crippen molar-refractivity contribution in [1.29, 1.82) is 0 Å². The van der Waals surface area contributed by atoms with Crippen molar-refractivity contribution in [2.45, 2.75) is 26.6 Å². The van der Waals surface area contributed by atoms with Crippen molar-refractivity contribution in [3.63, 3.8) is 0 Å². The first kappa shape index (κ1) is 17.3. The molecule has 4 rings (SSSR count). The number of anilines is 1. The summed E-state index contributed by atoms with van der Waals surface area (Å²) in [7, 11) is 1.66. The summed E-state index contributed by atoms with van der Waals surface area (Å²) in [5, 5.41) is 0. The molecule has 0 unspecified atom stereocenters. The van der Waals surface area contributed by atoms with Crippen LogP contribution in [0.4, 0.5) is 5.95 Å². The van der Waals surface area contributed by atoms with Crippen LogP contribution in [0.2, 0.25) is 0 Å². The second-order valence-electron chi connectivity index (χ2n) is 7.21. The molecule has 0 N–H and O–H groups in total. The van der Waals surface area contributed by atoms with Crippen LogP contribution >= 0.6 is 0 Å². The minimum Gasteiger partial charge on any atom is -0.338 e. The highest BCUT2D eigenvalue weighted by Gasteiger charge is 2.28. The number of nitrogens with zero attached hydrogens (tertiary/aromatic N) is 5. The summed E-state index contributed by atoms with van der Waals surface area (Å²) in [5.41, 5.74) is 1.43. The normalized spacial score (nSPS) is 16.5. The number of aromatic nitrogens is 4. The van der Waals surface area contributed by atoms with Crippen LogP contribution in [0.3, 0.4) is 0 Å². The minimum absolute atomic E-state index is 0.186. The fraction of sp³-hybridized carbons (Fsp3) is 0.350. The summed E-state index contributed by atoms with van der Waals surface area (Å²) in [5.74, 6) is 1.11. The molecular formula is C20H23N5O2. The fourth-order valence-electron chi connectivity index (χ4n) is 3.83. The van der Waals surface area contributed by atoms with Crippen molar-refractivity contribution in [3.05, 3.63) is 69.4 Å².